The molecule has 0 amide bonds. The first kappa shape index (κ1) is 17.7. The molecule has 0 heterocycles. The average Bonchev–Trinajstić information content (AvgIpc) is 3.03. The van der Waals surface area contributed by atoms with Gasteiger partial charge in [0, 0.05) is 6.42 Å². The number of rotatable bonds is 4. The van der Waals surface area contributed by atoms with E-state index in [-0.39, 0.29) is 0 Å². The van der Waals surface area contributed by atoms with Crippen molar-refractivity contribution in [2.24, 2.45) is 0 Å². The summed E-state index contributed by atoms with van der Waals surface area (Å²) in [4.78, 5) is 0. The zero-order chi connectivity index (χ0) is 19.8. The molecule has 29 heavy (non-hydrogen) atoms. The molecule has 1 aliphatic carbocycles. The summed E-state index contributed by atoms with van der Waals surface area (Å²) in [5.41, 5.74) is 7.58. The minimum absolute atomic E-state index is 0.476. The van der Waals surface area contributed by atoms with Gasteiger partial charge < -0.3 is 5.11 Å². The molecule has 1 N–H and O–H groups in total. The van der Waals surface area contributed by atoms with E-state index < -0.39 is 5.60 Å². The summed E-state index contributed by atoms with van der Waals surface area (Å²) in [7, 11) is 0. The molecule has 0 saturated heterocycles. The van der Waals surface area contributed by atoms with Gasteiger partial charge in [0.25, 0.3) is 0 Å². The third-order valence-corrected chi connectivity index (χ3v) is 5.87. The Labute approximate surface area is 171 Å². The summed E-state index contributed by atoms with van der Waals surface area (Å²) in [6, 6.07) is 33.4. The van der Waals surface area contributed by atoms with Crippen LogP contribution in [0.3, 0.4) is 0 Å². The van der Waals surface area contributed by atoms with Crippen molar-refractivity contribution in [1.29, 1.82) is 0 Å². The molecule has 0 unspecified atom stereocenters. The molecule has 0 fully saturated rings. The van der Waals surface area contributed by atoms with Crippen LogP contribution < -0.4 is 0 Å². The minimum Gasteiger partial charge on any atom is -0.380 e. The van der Waals surface area contributed by atoms with Crippen LogP contribution in [0, 0.1) is 0 Å². The third-order valence-electron chi connectivity index (χ3n) is 5.87. The standard InChI is InChI=1S/C28H22O/c1-2-17-28(29)26-18-22(20-9-5-3-6-10-20)13-15-24(26)25-16-14-23(19-27(25)28)21-11-7-4-8-12-21/h2-16,18-19,29H,1,17H2. The molecule has 4 aromatic rings. The summed E-state index contributed by atoms with van der Waals surface area (Å²) >= 11 is 0. The van der Waals surface area contributed by atoms with E-state index in [4.69, 9.17) is 0 Å². The van der Waals surface area contributed by atoms with Crippen LogP contribution in [-0.2, 0) is 5.60 Å². The van der Waals surface area contributed by atoms with Crippen molar-refractivity contribution < 1.29 is 5.11 Å². The fourth-order valence-electron chi connectivity index (χ4n) is 4.44. The second-order valence-corrected chi connectivity index (χ2v) is 7.61. The molecule has 0 aliphatic heterocycles. The normalized spacial score (nSPS) is 13.6. The van der Waals surface area contributed by atoms with Crippen molar-refractivity contribution in [3.63, 3.8) is 0 Å². The van der Waals surface area contributed by atoms with Gasteiger partial charge in [0.2, 0.25) is 0 Å². The van der Waals surface area contributed by atoms with Crippen molar-refractivity contribution in [3.05, 3.63) is 121 Å². The van der Waals surface area contributed by atoms with Crippen LogP contribution in [0.2, 0.25) is 0 Å². The maximum atomic E-state index is 11.9. The number of hydrogen-bond acceptors (Lipinski definition) is 1. The summed E-state index contributed by atoms with van der Waals surface area (Å²) in [6.07, 6.45) is 2.28. The zero-order valence-electron chi connectivity index (χ0n) is 16.2. The van der Waals surface area contributed by atoms with E-state index in [0.717, 1.165) is 44.5 Å². The van der Waals surface area contributed by atoms with Crippen molar-refractivity contribution in [3.8, 4) is 33.4 Å². The Morgan fingerprint density at radius 2 is 1.07 bits per heavy atom. The molecule has 1 nitrogen and oxygen atoms in total. The monoisotopic (exact) mass is 374 g/mol. The van der Waals surface area contributed by atoms with Gasteiger partial charge >= 0.3 is 0 Å². The van der Waals surface area contributed by atoms with E-state index in [1.807, 2.05) is 42.5 Å². The van der Waals surface area contributed by atoms with Gasteiger partial charge in [-0.2, -0.15) is 0 Å². The third kappa shape index (κ3) is 2.83. The first-order chi connectivity index (χ1) is 14.2. The highest BCUT2D eigenvalue weighted by Crippen LogP contribution is 2.51. The van der Waals surface area contributed by atoms with Gasteiger partial charge in [0.05, 0.1) is 0 Å². The molecule has 1 aliphatic rings. The molecule has 0 spiro atoms. The molecule has 0 saturated carbocycles. The van der Waals surface area contributed by atoms with Gasteiger partial charge in [-0.3, -0.25) is 0 Å². The molecule has 0 bridgehead atoms. The predicted octanol–water partition coefficient (Wildman–Crippen LogP) is 6.81. The lowest BCUT2D eigenvalue weighted by Gasteiger charge is -2.25. The minimum atomic E-state index is -1.07. The van der Waals surface area contributed by atoms with E-state index in [1.165, 1.54) is 0 Å². The molecule has 5 rings (SSSR count). The highest BCUT2D eigenvalue weighted by molar-refractivity contribution is 5.85. The van der Waals surface area contributed by atoms with Crippen molar-refractivity contribution >= 4 is 0 Å². The maximum absolute atomic E-state index is 11.9. The maximum Gasteiger partial charge on any atom is 0.119 e. The largest absolute Gasteiger partial charge is 0.380 e. The van der Waals surface area contributed by atoms with Crippen LogP contribution in [0.25, 0.3) is 33.4 Å². The summed E-state index contributed by atoms with van der Waals surface area (Å²) in [6.45, 7) is 3.92. The van der Waals surface area contributed by atoms with Crippen LogP contribution in [0.15, 0.2) is 110 Å². The molecule has 1 heteroatoms. The van der Waals surface area contributed by atoms with Gasteiger partial charge in [-0.25, -0.2) is 0 Å². The van der Waals surface area contributed by atoms with Crippen molar-refractivity contribution in [2.45, 2.75) is 12.0 Å². The fraction of sp³-hybridized carbons (Fsp3) is 0.0714. The molecule has 4 aromatic carbocycles. The van der Waals surface area contributed by atoms with Crippen LogP contribution >= 0.6 is 0 Å². The van der Waals surface area contributed by atoms with Crippen LogP contribution in [0.1, 0.15) is 17.5 Å². The van der Waals surface area contributed by atoms with E-state index in [9.17, 15) is 5.11 Å². The van der Waals surface area contributed by atoms with E-state index >= 15 is 0 Å². The van der Waals surface area contributed by atoms with E-state index in [2.05, 4.69) is 67.2 Å². The molecule has 0 atom stereocenters. The van der Waals surface area contributed by atoms with Crippen molar-refractivity contribution in [2.75, 3.05) is 0 Å². The SMILES string of the molecule is C=CCC1(O)c2cc(-c3ccccc3)ccc2-c2ccc(-c3ccccc3)cc21. The summed E-state index contributed by atoms with van der Waals surface area (Å²) in [5, 5.41) is 11.9. The second kappa shape index (κ2) is 6.88. The second-order valence-electron chi connectivity index (χ2n) is 7.61. The topological polar surface area (TPSA) is 20.2 Å². The van der Waals surface area contributed by atoms with Gasteiger partial charge in [-0.1, -0.05) is 91.0 Å². The number of aliphatic hydroxyl groups is 1. The fourth-order valence-corrected chi connectivity index (χ4v) is 4.44. The predicted molar refractivity (Wildman–Crippen MR) is 121 cm³/mol. The average molecular weight is 374 g/mol. The Kier molecular flexibility index (Phi) is 4.19. The lowest BCUT2D eigenvalue weighted by atomic mass is 9.86. The Morgan fingerprint density at radius 1 is 0.621 bits per heavy atom. The Morgan fingerprint density at radius 3 is 1.48 bits per heavy atom. The lowest BCUT2D eigenvalue weighted by molar-refractivity contribution is 0.0892. The van der Waals surface area contributed by atoms with Crippen LogP contribution in [0.5, 0.6) is 0 Å². The molecular formula is C28H22O. The summed E-state index contributed by atoms with van der Waals surface area (Å²) in [5.74, 6) is 0. The lowest BCUT2D eigenvalue weighted by Crippen LogP contribution is -2.23. The van der Waals surface area contributed by atoms with Crippen LogP contribution in [0.4, 0.5) is 0 Å². The van der Waals surface area contributed by atoms with Crippen molar-refractivity contribution in [1.82, 2.24) is 0 Å². The van der Waals surface area contributed by atoms with E-state index in [0.29, 0.717) is 6.42 Å². The molecular weight excluding hydrogens is 352 g/mol. The van der Waals surface area contributed by atoms with Gasteiger partial charge in [0.1, 0.15) is 5.60 Å². The number of fused-ring (bicyclic) bond motifs is 3. The number of hydrogen-bond donors (Lipinski definition) is 1. The quantitative estimate of drug-likeness (QED) is 0.389. The molecule has 0 radical (unpaired) electrons. The summed E-state index contributed by atoms with van der Waals surface area (Å²) < 4.78 is 0. The van der Waals surface area contributed by atoms with Crippen LogP contribution in [-0.4, -0.2) is 5.11 Å². The van der Waals surface area contributed by atoms with Gasteiger partial charge in [-0.15, -0.1) is 6.58 Å². The number of benzene rings is 4. The zero-order valence-corrected chi connectivity index (χ0v) is 16.2. The molecule has 0 aromatic heterocycles. The van der Waals surface area contributed by atoms with Gasteiger partial charge in [-0.05, 0) is 56.6 Å². The smallest absolute Gasteiger partial charge is 0.119 e. The van der Waals surface area contributed by atoms with E-state index in [1.54, 1.807) is 0 Å². The Hall–Kier alpha value is -3.42. The van der Waals surface area contributed by atoms with Gasteiger partial charge in [0.15, 0.2) is 0 Å². The Balaban J connectivity index is 1.69. The Bertz CT molecular complexity index is 1100. The molecule has 140 valence electrons. The first-order valence-electron chi connectivity index (χ1n) is 9.94. The highest BCUT2D eigenvalue weighted by Gasteiger charge is 2.41. The first-order valence-corrected chi connectivity index (χ1v) is 9.94. The highest BCUT2D eigenvalue weighted by atomic mass is 16.3.